The molecule has 0 aromatic rings. The van der Waals surface area contributed by atoms with E-state index >= 15 is 0 Å². The van der Waals surface area contributed by atoms with E-state index in [0.29, 0.717) is 6.42 Å². The minimum absolute atomic E-state index is 0.235. The van der Waals surface area contributed by atoms with Crippen molar-refractivity contribution in [3.8, 4) is 0 Å². The summed E-state index contributed by atoms with van der Waals surface area (Å²) in [6, 6.07) is 0. The van der Waals surface area contributed by atoms with Crippen molar-refractivity contribution in [1.29, 1.82) is 0 Å². The normalized spacial score (nSPS) is 11.5. The first kappa shape index (κ1) is 27.2. The SMILES string of the molecule is C=CCCCCCCCCC(=O)NCC[N+](C)(C)CCCCCCCCCC. The van der Waals surface area contributed by atoms with Crippen molar-refractivity contribution in [3.63, 3.8) is 0 Å². The van der Waals surface area contributed by atoms with Crippen molar-refractivity contribution in [2.45, 2.75) is 110 Å². The van der Waals surface area contributed by atoms with Gasteiger partial charge < -0.3 is 9.80 Å². The van der Waals surface area contributed by atoms with Crippen LogP contribution >= 0.6 is 0 Å². The second-order valence-corrected chi connectivity index (χ2v) is 9.16. The Labute approximate surface area is 176 Å². The fraction of sp³-hybridized carbons (Fsp3) is 0.880. The van der Waals surface area contributed by atoms with Crippen LogP contribution in [0.25, 0.3) is 0 Å². The van der Waals surface area contributed by atoms with Crippen LogP contribution in [0, 0.1) is 0 Å². The number of carbonyl (C=O) groups is 1. The van der Waals surface area contributed by atoms with E-state index in [2.05, 4.69) is 32.9 Å². The summed E-state index contributed by atoms with van der Waals surface area (Å²) >= 11 is 0. The van der Waals surface area contributed by atoms with Crippen LogP contribution in [0.4, 0.5) is 0 Å². The molecule has 0 heterocycles. The van der Waals surface area contributed by atoms with Crippen molar-refractivity contribution < 1.29 is 9.28 Å². The van der Waals surface area contributed by atoms with Crippen LogP contribution in [0.1, 0.15) is 110 Å². The van der Waals surface area contributed by atoms with E-state index in [1.807, 2.05) is 6.08 Å². The lowest BCUT2D eigenvalue weighted by molar-refractivity contribution is -0.889. The minimum Gasteiger partial charge on any atom is -0.350 e. The summed E-state index contributed by atoms with van der Waals surface area (Å²) in [6.07, 6.45) is 22.1. The van der Waals surface area contributed by atoms with Crippen LogP contribution in [0.3, 0.4) is 0 Å². The summed E-state index contributed by atoms with van der Waals surface area (Å²) in [5, 5.41) is 3.12. The second kappa shape index (κ2) is 19.5. The first-order valence-electron chi connectivity index (χ1n) is 12.2. The lowest BCUT2D eigenvalue weighted by Crippen LogP contribution is -2.45. The van der Waals surface area contributed by atoms with Crippen LogP contribution in [-0.4, -0.2) is 44.1 Å². The van der Waals surface area contributed by atoms with Gasteiger partial charge in [0, 0.05) is 6.42 Å². The van der Waals surface area contributed by atoms with Crippen molar-refractivity contribution in [2.75, 3.05) is 33.7 Å². The molecule has 0 aliphatic heterocycles. The molecule has 0 radical (unpaired) electrons. The number of allylic oxidation sites excluding steroid dienone is 1. The zero-order valence-electron chi connectivity index (χ0n) is 19.6. The van der Waals surface area contributed by atoms with Crippen LogP contribution in [0.2, 0.25) is 0 Å². The number of nitrogens with one attached hydrogen (secondary N) is 1. The largest absolute Gasteiger partial charge is 0.350 e. The molecule has 0 aliphatic rings. The van der Waals surface area contributed by atoms with Crippen LogP contribution in [-0.2, 0) is 4.79 Å². The van der Waals surface area contributed by atoms with Gasteiger partial charge >= 0.3 is 0 Å². The van der Waals surface area contributed by atoms with Gasteiger partial charge in [-0.05, 0) is 32.1 Å². The number of unbranched alkanes of at least 4 members (excludes halogenated alkanes) is 13. The molecule has 0 spiro atoms. The van der Waals surface area contributed by atoms with Gasteiger partial charge in [-0.3, -0.25) is 4.79 Å². The minimum atomic E-state index is 0.235. The third kappa shape index (κ3) is 19.9. The molecule has 0 bridgehead atoms. The highest BCUT2D eigenvalue weighted by Crippen LogP contribution is 2.10. The number of hydrogen-bond donors (Lipinski definition) is 1. The zero-order chi connectivity index (χ0) is 20.9. The average Bonchev–Trinajstić information content (AvgIpc) is 2.66. The van der Waals surface area contributed by atoms with Crippen molar-refractivity contribution in [1.82, 2.24) is 5.32 Å². The first-order chi connectivity index (χ1) is 13.5. The Morgan fingerprint density at radius 2 is 1.32 bits per heavy atom. The Hall–Kier alpha value is -0.830. The Kier molecular flexibility index (Phi) is 18.9. The van der Waals surface area contributed by atoms with Gasteiger partial charge in [0.25, 0.3) is 0 Å². The molecule has 1 N–H and O–H groups in total. The number of rotatable bonds is 21. The Bertz CT molecular complexity index is 366. The fourth-order valence-corrected chi connectivity index (χ4v) is 3.65. The zero-order valence-corrected chi connectivity index (χ0v) is 19.6. The molecule has 0 saturated carbocycles. The van der Waals surface area contributed by atoms with Gasteiger partial charge in [-0.2, -0.15) is 0 Å². The van der Waals surface area contributed by atoms with E-state index in [0.717, 1.165) is 30.4 Å². The number of nitrogens with zero attached hydrogens (tertiary/aromatic N) is 1. The number of hydrogen-bond acceptors (Lipinski definition) is 1. The molecule has 0 saturated heterocycles. The molecule has 0 rings (SSSR count). The van der Waals surface area contributed by atoms with Gasteiger partial charge in [0.2, 0.25) is 5.91 Å². The molecule has 0 atom stereocenters. The average molecular weight is 396 g/mol. The summed E-state index contributed by atoms with van der Waals surface area (Å²) in [4.78, 5) is 12.0. The standard InChI is InChI=1S/C25H50N2O/c1-5-7-9-11-13-15-17-19-21-25(28)26-22-24-27(3,4)23-20-18-16-14-12-10-8-6-2/h5H,1,6-24H2,2-4H3/p+1. The van der Waals surface area contributed by atoms with Crippen molar-refractivity contribution in [2.24, 2.45) is 0 Å². The van der Waals surface area contributed by atoms with Gasteiger partial charge in [0.1, 0.15) is 0 Å². The fourth-order valence-electron chi connectivity index (χ4n) is 3.65. The highest BCUT2D eigenvalue weighted by Gasteiger charge is 2.14. The second-order valence-electron chi connectivity index (χ2n) is 9.16. The molecule has 1 amide bonds. The third-order valence-corrected chi connectivity index (χ3v) is 5.72. The smallest absolute Gasteiger partial charge is 0.220 e. The molecular formula is C25H51N2O+. The van der Waals surface area contributed by atoms with Gasteiger partial charge in [0.05, 0.1) is 33.7 Å². The van der Waals surface area contributed by atoms with Gasteiger partial charge in [-0.25, -0.2) is 0 Å². The summed E-state index contributed by atoms with van der Waals surface area (Å²) in [5.74, 6) is 0.235. The molecule has 0 aromatic heterocycles. The molecule has 0 unspecified atom stereocenters. The molecule has 28 heavy (non-hydrogen) atoms. The number of likely N-dealkylation sites (N-methyl/N-ethyl adjacent to an activating group) is 1. The highest BCUT2D eigenvalue weighted by atomic mass is 16.1. The van der Waals surface area contributed by atoms with Crippen molar-refractivity contribution in [3.05, 3.63) is 12.7 Å². The van der Waals surface area contributed by atoms with Gasteiger partial charge in [-0.1, -0.05) is 77.2 Å². The lowest BCUT2D eigenvalue weighted by Gasteiger charge is -2.30. The topological polar surface area (TPSA) is 29.1 Å². The van der Waals surface area contributed by atoms with E-state index in [9.17, 15) is 4.79 Å². The Balaban J connectivity index is 3.49. The predicted octanol–water partition coefficient (Wildman–Crippen LogP) is 6.63. The van der Waals surface area contributed by atoms with E-state index in [4.69, 9.17) is 0 Å². The molecule has 166 valence electrons. The summed E-state index contributed by atoms with van der Waals surface area (Å²) < 4.78 is 1.01. The van der Waals surface area contributed by atoms with Crippen LogP contribution in [0.15, 0.2) is 12.7 Å². The highest BCUT2D eigenvalue weighted by molar-refractivity contribution is 5.75. The molecular weight excluding hydrogens is 344 g/mol. The van der Waals surface area contributed by atoms with Crippen LogP contribution < -0.4 is 5.32 Å². The summed E-state index contributed by atoms with van der Waals surface area (Å²) in [7, 11) is 4.58. The molecule has 3 heteroatoms. The van der Waals surface area contributed by atoms with Crippen LogP contribution in [0.5, 0.6) is 0 Å². The van der Waals surface area contributed by atoms with E-state index < -0.39 is 0 Å². The van der Waals surface area contributed by atoms with Gasteiger partial charge in [0.15, 0.2) is 0 Å². The predicted molar refractivity (Wildman–Crippen MR) is 125 cm³/mol. The Morgan fingerprint density at radius 1 is 0.786 bits per heavy atom. The molecule has 0 aliphatic carbocycles. The number of carbonyl (C=O) groups excluding carboxylic acids is 1. The maximum absolute atomic E-state index is 12.0. The summed E-state index contributed by atoms with van der Waals surface area (Å²) in [6.45, 7) is 9.09. The first-order valence-corrected chi connectivity index (χ1v) is 12.2. The lowest BCUT2D eigenvalue weighted by atomic mass is 10.1. The molecule has 0 aromatic carbocycles. The monoisotopic (exact) mass is 395 g/mol. The third-order valence-electron chi connectivity index (χ3n) is 5.72. The maximum Gasteiger partial charge on any atom is 0.220 e. The quantitative estimate of drug-likeness (QED) is 0.132. The molecule has 3 nitrogen and oxygen atoms in total. The van der Waals surface area contributed by atoms with E-state index in [-0.39, 0.29) is 5.91 Å². The number of quaternary nitrogens is 1. The van der Waals surface area contributed by atoms with E-state index in [1.165, 1.54) is 90.0 Å². The Morgan fingerprint density at radius 3 is 1.93 bits per heavy atom. The van der Waals surface area contributed by atoms with Crippen molar-refractivity contribution >= 4 is 5.91 Å². The molecule has 0 fully saturated rings. The maximum atomic E-state index is 12.0. The number of amides is 1. The van der Waals surface area contributed by atoms with Gasteiger partial charge in [-0.15, -0.1) is 6.58 Å². The summed E-state index contributed by atoms with van der Waals surface area (Å²) in [5.41, 5.74) is 0. The van der Waals surface area contributed by atoms with E-state index in [1.54, 1.807) is 0 Å².